The van der Waals surface area contributed by atoms with E-state index in [0.717, 1.165) is 25.1 Å². The lowest BCUT2D eigenvalue weighted by Gasteiger charge is -2.21. The van der Waals surface area contributed by atoms with E-state index in [9.17, 15) is 27.6 Å². The fourth-order valence-electron chi connectivity index (χ4n) is 3.68. The molecule has 0 fully saturated rings. The molecule has 236 valence electrons. The molecule has 0 aliphatic carbocycles. The number of carbonyl (C=O) groups excluding carboxylic acids is 1. The number of aliphatic carboxylic acids is 3. The highest BCUT2D eigenvalue weighted by Gasteiger charge is 2.38. The van der Waals surface area contributed by atoms with Crippen LogP contribution < -0.4 is 24.8 Å². The normalized spacial score (nSPS) is 12.9. The number of hydrogen-bond acceptors (Lipinski definition) is 10. The van der Waals surface area contributed by atoms with E-state index in [4.69, 9.17) is 34.3 Å². The molecule has 0 saturated carbocycles. The molecule has 1 aliphatic heterocycles. The molecule has 17 heteroatoms. The fourth-order valence-corrected chi connectivity index (χ4v) is 4.78. The van der Waals surface area contributed by atoms with Crippen molar-refractivity contribution in [2.24, 2.45) is 0 Å². The summed E-state index contributed by atoms with van der Waals surface area (Å²) in [6.45, 7) is 0.419. The summed E-state index contributed by atoms with van der Waals surface area (Å²) in [7, 11) is 0. The number of carboxylic acid groups (broad SMARTS) is 3. The summed E-state index contributed by atoms with van der Waals surface area (Å²) in [5, 5.41) is 31.3. The van der Waals surface area contributed by atoms with Crippen LogP contribution in [0, 0.1) is 0 Å². The second kappa shape index (κ2) is 15.5. The number of nitrogens with one attached hydrogen (secondary N) is 2. The number of carboxylic acids is 3. The molecule has 3 heterocycles. The minimum Gasteiger partial charge on any atom is -0.482 e. The van der Waals surface area contributed by atoms with E-state index in [2.05, 4.69) is 15.6 Å². The Bertz CT molecular complexity index is 1440. The summed E-state index contributed by atoms with van der Waals surface area (Å²) in [6.07, 6.45) is -1.77. The molecule has 0 bridgehead atoms. The van der Waals surface area contributed by atoms with Gasteiger partial charge >= 0.3 is 24.1 Å². The Kier molecular flexibility index (Phi) is 11.9. The minimum absolute atomic E-state index is 0.0331. The van der Waals surface area contributed by atoms with E-state index in [0.29, 0.717) is 16.2 Å². The van der Waals surface area contributed by atoms with E-state index in [1.165, 1.54) is 34.5 Å². The lowest BCUT2D eigenvalue weighted by atomic mass is 10.1. The number of aromatic nitrogens is 1. The van der Waals surface area contributed by atoms with Gasteiger partial charge in [-0.1, -0.05) is 6.07 Å². The summed E-state index contributed by atoms with van der Waals surface area (Å²) in [5.74, 6) is -4.84. The van der Waals surface area contributed by atoms with Crippen LogP contribution in [0.1, 0.15) is 31.8 Å². The van der Waals surface area contributed by atoms with Crippen molar-refractivity contribution in [1.29, 1.82) is 0 Å². The molecule has 0 saturated heterocycles. The molecular formula is C27H26F3N3O10S. The molecule has 0 spiro atoms. The van der Waals surface area contributed by atoms with Crippen molar-refractivity contribution in [1.82, 2.24) is 15.6 Å². The van der Waals surface area contributed by atoms with Gasteiger partial charge in [-0.3, -0.25) is 9.78 Å². The molecule has 1 aliphatic rings. The molecule has 1 unspecified atom stereocenters. The van der Waals surface area contributed by atoms with Crippen LogP contribution in [0.15, 0.2) is 48.8 Å². The summed E-state index contributed by atoms with van der Waals surface area (Å²) in [5.41, 5.74) is 1.67. The number of fused-ring (bicyclic) bond motifs is 1. The van der Waals surface area contributed by atoms with E-state index >= 15 is 0 Å². The van der Waals surface area contributed by atoms with E-state index in [1.807, 2.05) is 6.07 Å². The Balaban J connectivity index is 0.000000676. The number of alkyl halides is 3. The van der Waals surface area contributed by atoms with Gasteiger partial charge in [-0.05, 0) is 47.9 Å². The van der Waals surface area contributed by atoms with Gasteiger partial charge < -0.3 is 40.2 Å². The number of amides is 1. The molecule has 0 radical (unpaired) electrons. The fraction of sp³-hybridized carbons (Fsp3) is 0.296. The van der Waals surface area contributed by atoms with Crippen molar-refractivity contribution >= 4 is 35.2 Å². The van der Waals surface area contributed by atoms with Crippen LogP contribution in [0.4, 0.5) is 13.2 Å². The molecule has 1 aromatic carbocycles. The Morgan fingerprint density at radius 2 is 1.70 bits per heavy atom. The first-order chi connectivity index (χ1) is 20.8. The smallest absolute Gasteiger partial charge is 0.482 e. The third kappa shape index (κ3) is 10.4. The first-order valence-electron chi connectivity index (χ1n) is 12.6. The number of rotatable bonds is 12. The van der Waals surface area contributed by atoms with Gasteiger partial charge in [-0.2, -0.15) is 13.2 Å². The highest BCUT2D eigenvalue weighted by atomic mass is 32.1. The van der Waals surface area contributed by atoms with Gasteiger partial charge in [0, 0.05) is 24.2 Å². The maximum Gasteiger partial charge on any atom is 0.490 e. The first-order valence-corrected chi connectivity index (χ1v) is 13.5. The lowest BCUT2D eigenvalue weighted by molar-refractivity contribution is -0.192. The molecule has 4 rings (SSSR count). The maximum absolute atomic E-state index is 12.9. The molecule has 2 aromatic heterocycles. The molecule has 44 heavy (non-hydrogen) atoms. The number of ether oxygens (including phenoxy) is 3. The molecule has 13 nitrogen and oxygen atoms in total. The number of benzene rings is 1. The lowest BCUT2D eigenvalue weighted by Crippen LogP contribution is -2.30. The molecule has 5 N–H and O–H groups in total. The zero-order valence-electron chi connectivity index (χ0n) is 22.6. The Hall–Kier alpha value is -4.90. The van der Waals surface area contributed by atoms with Crippen LogP contribution in [0.2, 0.25) is 0 Å². The van der Waals surface area contributed by atoms with Gasteiger partial charge in [0.25, 0.3) is 5.91 Å². The highest BCUT2D eigenvalue weighted by molar-refractivity contribution is 7.14. The number of hydrogen-bond donors (Lipinski definition) is 5. The van der Waals surface area contributed by atoms with Crippen molar-refractivity contribution in [2.45, 2.75) is 25.2 Å². The van der Waals surface area contributed by atoms with Gasteiger partial charge in [0.1, 0.15) is 11.9 Å². The van der Waals surface area contributed by atoms with Gasteiger partial charge in [-0.15, -0.1) is 11.3 Å². The summed E-state index contributed by atoms with van der Waals surface area (Å²) in [4.78, 5) is 49.7. The monoisotopic (exact) mass is 641 g/mol. The van der Waals surface area contributed by atoms with Gasteiger partial charge in [0.15, 0.2) is 24.7 Å². The van der Waals surface area contributed by atoms with Crippen LogP contribution in [0.3, 0.4) is 0 Å². The molecule has 3 aromatic rings. The van der Waals surface area contributed by atoms with E-state index in [-0.39, 0.29) is 24.0 Å². The van der Waals surface area contributed by atoms with Gasteiger partial charge in [0.2, 0.25) is 0 Å². The average molecular weight is 642 g/mol. The van der Waals surface area contributed by atoms with Gasteiger partial charge in [0.05, 0.1) is 17.6 Å². The number of thiophene rings is 1. The standard InChI is InChI=1S/C25H25N3O8S.C2HF3O2/c29-23(30)13-34-18-4-3-15(8-19(18)35-14-24(31)32)20(36-17-2-1-6-26-11-17)12-28-25(33)22-9-16-10-27-7-5-21(16)37-22;3-2(4,5)1(6)7/h1-4,6,8-9,11,20,27H,5,7,10,12-14H2,(H,28,33)(H,29,30)(H,31,32);(H,6,7). The number of nitrogens with zero attached hydrogens (tertiary/aromatic N) is 1. The van der Waals surface area contributed by atoms with Crippen molar-refractivity contribution < 1.29 is 61.9 Å². The predicted octanol–water partition coefficient (Wildman–Crippen LogP) is 2.90. The zero-order chi connectivity index (χ0) is 32.3. The summed E-state index contributed by atoms with van der Waals surface area (Å²) in [6, 6.07) is 9.92. The Morgan fingerprint density at radius 1 is 1.02 bits per heavy atom. The van der Waals surface area contributed by atoms with Crippen molar-refractivity contribution in [3.8, 4) is 17.2 Å². The highest BCUT2D eigenvalue weighted by Crippen LogP contribution is 2.33. The van der Waals surface area contributed by atoms with Crippen LogP contribution in [0.5, 0.6) is 17.2 Å². The average Bonchev–Trinajstić information content (AvgIpc) is 3.42. The van der Waals surface area contributed by atoms with Crippen LogP contribution in [0.25, 0.3) is 0 Å². The Morgan fingerprint density at radius 3 is 2.30 bits per heavy atom. The van der Waals surface area contributed by atoms with Crippen LogP contribution >= 0.6 is 11.3 Å². The second-order valence-corrected chi connectivity index (χ2v) is 10.0. The largest absolute Gasteiger partial charge is 0.490 e. The summed E-state index contributed by atoms with van der Waals surface area (Å²) < 4.78 is 48.4. The second-order valence-electron chi connectivity index (χ2n) is 8.86. The van der Waals surface area contributed by atoms with E-state index < -0.39 is 43.4 Å². The zero-order valence-corrected chi connectivity index (χ0v) is 23.4. The first kappa shape index (κ1) is 33.6. The Labute approximate surface area is 251 Å². The molecule has 1 atom stereocenters. The SMILES string of the molecule is O=C(O)C(F)(F)F.O=C(O)COc1ccc(C(CNC(=O)c2cc3c(s2)CCNC3)Oc2cccnc2)cc1OCC(=O)O. The van der Waals surface area contributed by atoms with Gasteiger partial charge in [-0.25, -0.2) is 14.4 Å². The minimum atomic E-state index is -5.08. The number of pyridine rings is 1. The van der Waals surface area contributed by atoms with Crippen molar-refractivity contribution in [2.75, 3.05) is 26.3 Å². The van der Waals surface area contributed by atoms with Crippen LogP contribution in [-0.2, 0) is 27.3 Å². The topological polar surface area (TPSA) is 194 Å². The third-order valence-corrected chi connectivity index (χ3v) is 6.85. The number of halogens is 3. The van der Waals surface area contributed by atoms with Crippen molar-refractivity contribution in [3.63, 3.8) is 0 Å². The quantitative estimate of drug-likeness (QED) is 0.194. The van der Waals surface area contributed by atoms with E-state index in [1.54, 1.807) is 24.4 Å². The molecular weight excluding hydrogens is 615 g/mol. The van der Waals surface area contributed by atoms with Crippen LogP contribution in [-0.4, -0.2) is 76.6 Å². The summed E-state index contributed by atoms with van der Waals surface area (Å²) >= 11 is 1.47. The van der Waals surface area contributed by atoms with Crippen molar-refractivity contribution in [3.05, 3.63) is 69.7 Å². The predicted molar refractivity (Wildman–Crippen MR) is 146 cm³/mol. The third-order valence-electron chi connectivity index (χ3n) is 5.61. The maximum atomic E-state index is 12.9. The molecule has 1 amide bonds. The number of carbonyl (C=O) groups is 4.